The molecule has 33 heavy (non-hydrogen) atoms. The number of aldehydes is 1. The first-order chi connectivity index (χ1) is 15.4. The quantitative estimate of drug-likeness (QED) is 0.319. The molecule has 2 aliphatic carbocycles. The number of Topliss-reactive ketones (excluding diaryl/α,β-unsaturated/α-hetero) is 1. The van der Waals surface area contributed by atoms with Crippen LogP contribution in [0.4, 0.5) is 0 Å². The van der Waals surface area contributed by atoms with Crippen molar-refractivity contribution < 1.29 is 24.5 Å². The average molecular weight is 455 g/mol. The van der Waals surface area contributed by atoms with Crippen molar-refractivity contribution in [3.05, 3.63) is 28.3 Å². The van der Waals surface area contributed by atoms with Crippen molar-refractivity contribution in [3.8, 4) is 17.2 Å². The molecule has 0 spiro atoms. The van der Waals surface area contributed by atoms with Crippen molar-refractivity contribution in [2.45, 2.75) is 86.2 Å². The van der Waals surface area contributed by atoms with Crippen LogP contribution in [0.2, 0.25) is 0 Å². The molecule has 1 saturated carbocycles. The molecule has 1 heterocycles. The van der Waals surface area contributed by atoms with Crippen molar-refractivity contribution in [3.63, 3.8) is 0 Å². The van der Waals surface area contributed by atoms with Gasteiger partial charge in [-0.3, -0.25) is 9.59 Å². The van der Waals surface area contributed by atoms with E-state index in [1.54, 1.807) is 0 Å². The second kappa shape index (κ2) is 8.18. The number of allylic oxidation sites excluding steroid dienone is 2. The van der Waals surface area contributed by atoms with Crippen LogP contribution in [0.5, 0.6) is 17.2 Å². The molecule has 3 aliphatic rings. The summed E-state index contributed by atoms with van der Waals surface area (Å²) in [5, 5.41) is 22.0. The van der Waals surface area contributed by atoms with E-state index in [0.717, 1.165) is 25.7 Å². The number of phenolic OH excluding ortho intramolecular Hbond substituents is 2. The number of ether oxygens (including phenoxy) is 1. The Bertz CT molecular complexity index is 1020. The fraction of sp³-hybridized carbons (Fsp3) is 0.643. The minimum Gasteiger partial charge on any atom is -0.507 e. The molecule has 180 valence electrons. The molecular formula is C28H38O5. The maximum atomic E-state index is 12.9. The predicted molar refractivity (Wildman–Crippen MR) is 128 cm³/mol. The zero-order chi connectivity index (χ0) is 24.3. The fourth-order valence-corrected chi connectivity index (χ4v) is 6.50. The average Bonchev–Trinajstić information content (AvgIpc) is 3.26. The molecule has 1 fully saturated rings. The zero-order valence-electron chi connectivity index (χ0n) is 20.8. The number of benzene rings is 1. The number of aromatic hydroxyl groups is 2. The third-order valence-corrected chi connectivity index (χ3v) is 8.56. The van der Waals surface area contributed by atoms with E-state index >= 15 is 0 Å². The van der Waals surface area contributed by atoms with E-state index in [0.29, 0.717) is 30.1 Å². The first kappa shape index (κ1) is 23.8. The molecule has 1 aromatic carbocycles. The predicted octanol–water partition coefficient (Wildman–Crippen LogP) is 6.24. The van der Waals surface area contributed by atoms with Crippen molar-refractivity contribution >= 4 is 12.1 Å². The van der Waals surface area contributed by atoms with Crippen molar-refractivity contribution in [1.29, 1.82) is 0 Å². The maximum Gasteiger partial charge on any atom is 0.170 e. The van der Waals surface area contributed by atoms with E-state index in [-0.39, 0.29) is 57.7 Å². The molecule has 4 rings (SSSR count). The number of hydrogen-bond donors (Lipinski definition) is 2. The van der Waals surface area contributed by atoms with Crippen molar-refractivity contribution in [2.24, 2.45) is 28.6 Å². The lowest BCUT2D eigenvalue weighted by Crippen LogP contribution is -2.45. The lowest BCUT2D eigenvalue weighted by Gasteiger charge is -2.44. The van der Waals surface area contributed by atoms with E-state index < -0.39 is 5.75 Å². The molecule has 2 N–H and O–H groups in total. The van der Waals surface area contributed by atoms with Crippen LogP contribution >= 0.6 is 0 Å². The molecule has 4 atom stereocenters. The minimum atomic E-state index is -0.458. The van der Waals surface area contributed by atoms with Gasteiger partial charge in [0.05, 0.1) is 5.56 Å². The number of carbonyl (C=O) groups is 2. The molecule has 1 aromatic rings. The third-order valence-electron chi connectivity index (χ3n) is 8.56. The Morgan fingerprint density at radius 3 is 2.58 bits per heavy atom. The summed E-state index contributed by atoms with van der Waals surface area (Å²) in [5.41, 5.74) is 1.62. The highest BCUT2D eigenvalue weighted by atomic mass is 16.5. The zero-order valence-corrected chi connectivity index (χ0v) is 20.8. The van der Waals surface area contributed by atoms with Gasteiger partial charge >= 0.3 is 0 Å². The van der Waals surface area contributed by atoms with Crippen LogP contribution in [0.1, 0.15) is 99.9 Å². The lowest BCUT2D eigenvalue weighted by atomic mass is 9.69. The highest BCUT2D eigenvalue weighted by molar-refractivity contribution is 6.05. The van der Waals surface area contributed by atoms with Gasteiger partial charge in [0, 0.05) is 23.3 Å². The summed E-state index contributed by atoms with van der Waals surface area (Å²) in [5.74, 6) is 0.146. The summed E-state index contributed by atoms with van der Waals surface area (Å²) >= 11 is 0. The summed E-state index contributed by atoms with van der Waals surface area (Å²) < 4.78 is 6.60. The highest BCUT2D eigenvalue weighted by Crippen LogP contribution is 2.67. The summed E-state index contributed by atoms with van der Waals surface area (Å²) in [6.07, 6.45) is 7.47. The molecule has 0 unspecified atom stereocenters. The van der Waals surface area contributed by atoms with Crippen LogP contribution in [0.3, 0.4) is 0 Å². The number of hydrogen-bond acceptors (Lipinski definition) is 5. The van der Waals surface area contributed by atoms with Gasteiger partial charge in [-0.1, -0.05) is 46.3 Å². The van der Waals surface area contributed by atoms with Crippen LogP contribution < -0.4 is 4.74 Å². The monoisotopic (exact) mass is 454 g/mol. The van der Waals surface area contributed by atoms with Gasteiger partial charge in [-0.05, 0) is 56.3 Å². The smallest absolute Gasteiger partial charge is 0.170 e. The second-order valence-electron chi connectivity index (χ2n) is 11.9. The Labute approximate surface area is 197 Å². The van der Waals surface area contributed by atoms with Gasteiger partial charge in [0.25, 0.3) is 0 Å². The Morgan fingerprint density at radius 2 is 1.94 bits per heavy atom. The summed E-state index contributed by atoms with van der Waals surface area (Å²) in [4.78, 5) is 25.0. The van der Waals surface area contributed by atoms with Crippen LogP contribution in [0.25, 0.3) is 0 Å². The Balaban J connectivity index is 1.85. The molecule has 1 aliphatic heterocycles. The second-order valence-corrected chi connectivity index (χ2v) is 11.9. The summed E-state index contributed by atoms with van der Waals surface area (Å²) in [6, 6.07) is 0. The lowest BCUT2D eigenvalue weighted by molar-refractivity contribution is 0.00493. The van der Waals surface area contributed by atoms with Gasteiger partial charge in [0.15, 0.2) is 12.1 Å². The standard InChI is InChI=1S/C28H38O5/c1-15(2)12-20(30)21-23(31)17-13-28(6)11-7-8-16(3)9-10-19-22(27(19,4)5)26(28)33-25(17)18(14-29)24(21)32/h8,14-15,19,22,26,31-32H,7,9-13H2,1-6H3/b16-8+/t19-,22-,26-,28+/m0/s1. The van der Waals surface area contributed by atoms with E-state index in [1.807, 2.05) is 13.8 Å². The molecule has 0 aromatic heterocycles. The van der Waals surface area contributed by atoms with Gasteiger partial charge in [-0.25, -0.2) is 0 Å². The number of carbonyl (C=O) groups excluding carboxylic acids is 2. The third kappa shape index (κ3) is 3.87. The Morgan fingerprint density at radius 1 is 1.24 bits per heavy atom. The molecule has 0 amide bonds. The SMILES string of the molecule is C/C1=C\CC[C@]2(C)Cc3c(O)c(C(=O)CC(C)C)c(O)c(C=O)c3O[C@H]2[C@@H]2[C@H](CC1)C2(C)C. The summed E-state index contributed by atoms with van der Waals surface area (Å²) in [6.45, 7) is 12.8. The highest BCUT2D eigenvalue weighted by Gasteiger charge is 2.65. The first-order valence-electron chi connectivity index (χ1n) is 12.3. The number of phenols is 2. The van der Waals surface area contributed by atoms with Gasteiger partial charge in [-0.15, -0.1) is 0 Å². The molecule has 0 radical (unpaired) electrons. The van der Waals surface area contributed by atoms with Gasteiger partial charge < -0.3 is 14.9 Å². The Hall–Kier alpha value is -2.30. The molecule has 0 saturated heterocycles. The van der Waals surface area contributed by atoms with Gasteiger partial charge in [0.1, 0.15) is 28.9 Å². The molecule has 5 heteroatoms. The van der Waals surface area contributed by atoms with Gasteiger partial charge in [-0.2, -0.15) is 0 Å². The fourth-order valence-electron chi connectivity index (χ4n) is 6.50. The van der Waals surface area contributed by atoms with E-state index in [9.17, 15) is 19.8 Å². The number of ketones is 1. The maximum absolute atomic E-state index is 12.9. The van der Waals surface area contributed by atoms with E-state index in [2.05, 4.69) is 33.8 Å². The number of fused-ring (bicyclic) bond motifs is 4. The summed E-state index contributed by atoms with van der Waals surface area (Å²) in [7, 11) is 0. The topological polar surface area (TPSA) is 83.8 Å². The van der Waals surface area contributed by atoms with Crippen LogP contribution in [-0.2, 0) is 6.42 Å². The number of rotatable bonds is 4. The molecule has 5 nitrogen and oxygen atoms in total. The van der Waals surface area contributed by atoms with Crippen LogP contribution in [0, 0.1) is 28.6 Å². The largest absolute Gasteiger partial charge is 0.507 e. The van der Waals surface area contributed by atoms with Crippen molar-refractivity contribution in [1.82, 2.24) is 0 Å². The van der Waals surface area contributed by atoms with Crippen LogP contribution in [-0.4, -0.2) is 28.4 Å². The van der Waals surface area contributed by atoms with Crippen molar-refractivity contribution in [2.75, 3.05) is 0 Å². The molecule has 0 bridgehead atoms. The first-order valence-corrected chi connectivity index (χ1v) is 12.3. The Kier molecular flexibility index (Phi) is 5.91. The van der Waals surface area contributed by atoms with E-state index in [4.69, 9.17) is 4.74 Å². The van der Waals surface area contributed by atoms with Gasteiger partial charge in [0.2, 0.25) is 0 Å². The van der Waals surface area contributed by atoms with Crippen LogP contribution in [0.15, 0.2) is 11.6 Å². The normalized spacial score (nSPS) is 31.8. The van der Waals surface area contributed by atoms with E-state index in [1.165, 1.54) is 5.57 Å². The molecular weight excluding hydrogens is 416 g/mol. The minimum absolute atomic E-state index is 0.0141.